The van der Waals surface area contributed by atoms with E-state index in [0.717, 1.165) is 24.3 Å². The first-order valence-corrected chi connectivity index (χ1v) is 21.6. The molecule has 0 bridgehead atoms. The van der Waals surface area contributed by atoms with Crippen molar-refractivity contribution in [1.29, 1.82) is 10.5 Å². The molecule has 4 nitrogen and oxygen atoms in total. The highest BCUT2D eigenvalue weighted by atomic mass is 19.4. The molecule has 0 atom stereocenters. The molecule has 0 aliphatic carbocycles. The van der Waals surface area contributed by atoms with Crippen molar-refractivity contribution in [2.75, 3.05) is 0 Å². The molecule has 10 rings (SSSR count). The minimum atomic E-state index is -5.32. The number of rotatable bonds is 5. The van der Waals surface area contributed by atoms with Crippen LogP contribution < -0.4 is 0 Å². The van der Waals surface area contributed by atoms with Gasteiger partial charge in [0.15, 0.2) is 0 Å². The fraction of sp³-hybridized carbons (Fsp3) is 0.0909. The summed E-state index contributed by atoms with van der Waals surface area (Å²) in [7, 11) is 0. The van der Waals surface area contributed by atoms with E-state index in [-0.39, 0.29) is 67.8 Å². The van der Waals surface area contributed by atoms with Gasteiger partial charge in [-0.15, -0.1) is 0 Å². The number of alkyl halides is 15. The first-order valence-electron chi connectivity index (χ1n) is 21.6. The summed E-state index contributed by atoms with van der Waals surface area (Å²) < 4.78 is 219. The second-order valence-electron chi connectivity index (χ2n) is 17.0. The van der Waals surface area contributed by atoms with Gasteiger partial charge in [0.05, 0.1) is 72.9 Å². The molecule has 0 fully saturated rings. The third kappa shape index (κ3) is 8.18. The third-order valence-corrected chi connectivity index (χ3v) is 12.7. The maximum Gasteiger partial charge on any atom is 0.417 e. The fourth-order valence-electron chi connectivity index (χ4n) is 9.63. The Bertz CT molecular complexity index is 3820. The molecule has 8 aromatic carbocycles. The van der Waals surface area contributed by atoms with Gasteiger partial charge in [-0.3, -0.25) is 0 Å². The first-order chi connectivity index (χ1) is 34.8. The van der Waals surface area contributed by atoms with Crippen molar-refractivity contribution in [2.45, 2.75) is 30.9 Å². The van der Waals surface area contributed by atoms with Crippen LogP contribution in [0.4, 0.5) is 65.9 Å². The van der Waals surface area contributed by atoms with Crippen LogP contribution in [0.25, 0.3) is 88.4 Å². The van der Waals surface area contributed by atoms with Crippen LogP contribution in [0, 0.1) is 22.7 Å². The number of aromatic nitrogens is 2. The Hall–Kier alpha value is -8.71. The van der Waals surface area contributed by atoms with Gasteiger partial charge in [-0.1, -0.05) is 78.9 Å². The first kappa shape index (κ1) is 48.9. The zero-order chi connectivity index (χ0) is 53.0. The lowest BCUT2D eigenvalue weighted by molar-refractivity contribution is -0.144. The summed E-state index contributed by atoms with van der Waals surface area (Å²) in [6, 6.07) is 31.3. The Labute approximate surface area is 406 Å². The molecule has 0 N–H and O–H groups in total. The standard InChI is InChI=1S/C55H25F15N4/c56-51(57,58)32-14-18-34(42(24-32)54(65,66)67)28-12-16-38-36-7-1-3-10-44(36)73(46(38)20-28)48-22-31(50-30(26-71)6-5-9-41(50)53(62,63)64)23-49(40(48)27-72)74-45-11-4-2-8-37(45)39-17-13-29(21-47(39)74)35-19-15-33(52(59,60)61)25-43(35)55(68,69)70/h1-25H. The molecule has 0 aliphatic rings. The summed E-state index contributed by atoms with van der Waals surface area (Å²) in [6.07, 6.45) is -26.1. The van der Waals surface area contributed by atoms with Gasteiger partial charge in [-0.25, -0.2) is 0 Å². The van der Waals surface area contributed by atoms with E-state index >= 15 is 13.2 Å². The second kappa shape index (κ2) is 16.9. The Kier molecular flexibility index (Phi) is 11.2. The molecular formula is C55H25F15N4. The smallest absolute Gasteiger partial charge is 0.308 e. The van der Waals surface area contributed by atoms with E-state index in [1.807, 2.05) is 0 Å². The molecule has 0 radical (unpaired) electrons. The summed E-state index contributed by atoms with van der Waals surface area (Å²) in [4.78, 5) is 0. The molecule has 74 heavy (non-hydrogen) atoms. The average molecular weight is 1030 g/mol. The van der Waals surface area contributed by atoms with Crippen LogP contribution in [0.15, 0.2) is 152 Å². The quantitative estimate of drug-likeness (QED) is 0.161. The highest BCUT2D eigenvalue weighted by molar-refractivity contribution is 6.12. The van der Waals surface area contributed by atoms with Gasteiger partial charge in [-0.05, 0) is 101 Å². The van der Waals surface area contributed by atoms with Crippen molar-refractivity contribution in [2.24, 2.45) is 0 Å². The van der Waals surface area contributed by atoms with E-state index in [2.05, 4.69) is 6.07 Å². The Balaban J connectivity index is 1.35. The number of benzene rings is 8. The van der Waals surface area contributed by atoms with E-state index in [1.165, 1.54) is 57.7 Å². The number of hydrogen-bond donors (Lipinski definition) is 0. The van der Waals surface area contributed by atoms with E-state index < -0.39 is 81.0 Å². The molecule has 0 amide bonds. The van der Waals surface area contributed by atoms with Crippen LogP contribution in [0.3, 0.4) is 0 Å². The largest absolute Gasteiger partial charge is 0.417 e. The number of nitrogens with zero attached hydrogens (tertiary/aromatic N) is 4. The Morgan fingerprint density at radius 1 is 0.338 bits per heavy atom. The summed E-state index contributed by atoms with van der Waals surface area (Å²) in [5.41, 5.74) is -11.6. The molecule has 2 aromatic heterocycles. The maximum atomic E-state index is 15.1. The predicted molar refractivity (Wildman–Crippen MR) is 246 cm³/mol. The number of para-hydroxylation sites is 2. The van der Waals surface area contributed by atoms with E-state index in [4.69, 9.17) is 0 Å². The van der Waals surface area contributed by atoms with E-state index in [9.17, 15) is 63.2 Å². The molecule has 19 heteroatoms. The molecular weight excluding hydrogens is 1000 g/mol. The third-order valence-electron chi connectivity index (χ3n) is 12.7. The zero-order valence-electron chi connectivity index (χ0n) is 36.9. The van der Waals surface area contributed by atoms with Crippen LogP contribution in [0.2, 0.25) is 0 Å². The van der Waals surface area contributed by atoms with Crippen LogP contribution in [0.1, 0.15) is 38.9 Å². The molecule has 0 saturated heterocycles. The normalized spacial score (nSPS) is 12.8. The minimum Gasteiger partial charge on any atom is -0.308 e. The average Bonchev–Trinajstić information content (AvgIpc) is 3.86. The molecule has 0 aliphatic heterocycles. The summed E-state index contributed by atoms with van der Waals surface area (Å²) >= 11 is 0. The summed E-state index contributed by atoms with van der Waals surface area (Å²) in [5, 5.41) is 23.1. The highest BCUT2D eigenvalue weighted by Gasteiger charge is 2.41. The van der Waals surface area contributed by atoms with Crippen LogP contribution >= 0.6 is 0 Å². The van der Waals surface area contributed by atoms with E-state index in [1.54, 1.807) is 42.5 Å². The van der Waals surface area contributed by atoms with Gasteiger partial charge in [0.2, 0.25) is 0 Å². The predicted octanol–water partition coefficient (Wildman–Crippen LogP) is 17.7. The minimum absolute atomic E-state index is 0.00688. The molecule has 0 unspecified atom stereocenters. The van der Waals surface area contributed by atoms with Crippen molar-refractivity contribution < 1.29 is 65.9 Å². The maximum absolute atomic E-state index is 15.1. The van der Waals surface area contributed by atoms with Crippen molar-refractivity contribution in [3.63, 3.8) is 0 Å². The van der Waals surface area contributed by atoms with Gasteiger partial charge in [0.1, 0.15) is 11.6 Å². The van der Waals surface area contributed by atoms with Gasteiger partial charge in [0.25, 0.3) is 0 Å². The molecule has 2 heterocycles. The van der Waals surface area contributed by atoms with Crippen LogP contribution in [-0.4, -0.2) is 9.13 Å². The molecule has 370 valence electrons. The van der Waals surface area contributed by atoms with Crippen molar-refractivity contribution in [1.82, 2.24) is 9.13 Å². The number of hydrogen-bond acceptors (Lipinski definition) is 2. The lowest BCUT2D eigenvalue weighted by Crippen LogP contribution is -2.12. The highest BCUT2D eigenvalue weighted by Crippen LogP contribution is 2.48. The zero-order valence-corrected chi connectivity index (χ0v) is 36.9. The lowest BCUT2D eigenvalue weighted by Gasteiger charge is -2.21. The number of fused-ring (bicyclic) bond motifs is 6. The van der Waals surface area contributed by atoms with Crippen LogP contribution in [-0.2, 0) is 30.9 Å². The second-order valence-corrected chi connectivity index (χ2v) is 17.0. The van der Waals surface area contributed by atoms with Gasteiger partial charge in [0, 0.05) is 27.1 Å². The van der Waals surface area contributed by atoms with Crippen LogP contribution in [0.5, 0.6) is 0 Å². The lowest BCUT2D eigenvalue weighted by atomic mass is 9.92. The Morgan fingerprint density at radius 2 is 0.757 bits per heavy atom. The van der Waals surface area contributed by atoms with Crippen molar-refractivity contribution >= 4 is 43.6 Å². The summed E-state index contributed by atoms with van der Waals surface area (Å²) in [5.74, 6) is 0. The van der Waals surface area contributed by atoms with Crippen molar-refractivity contribution in [3.8, 4) is 56.9 Å². The van der Waals surface area contributed by atoms with Gasteiger partial charge < -0.3 is 9.13 Å². The number of nitriles is 2. The van der Waals surface area contributed by atoms with Crippen molar-refractivity contribution in [3.05, 3.63) is 191 Å². The van der Waals surface area contributed by atoms with E-state index in [0.29, 0.717) is 51.9 Å². The monoisotopic (exact) mass is 1030 g/mol. The molecule has 0 spiro atoms. The topological polar surface area (TPSA) is 57.4 Å². The number of halogens is 15. The molecule has 10 aromatic rings. The summed E-state index contributed by atoms with van der Waals surface area (Å²) in [6.45, 7) is 0. The molecule has 0 saturated carbocycles. The van der Waals surface area contributed by atoms with Gasteiger partial charge >= 0.3 is 30.9 Å². The van der Waals surface area contributed by atoms with Gasteiger partial charge in [-0.2, -0.15) is 76.4 Å². The Morgan fingerprint density at radius 3 is 1.15 bits per heavy atom. The SMILES string of the molecule is N#Cc1cccc(C(F)(F)F)c1-c1cc(-n2c3ccccc3c3ccc(-c4ccc(C(F)(F)F)cc4C(F)(F)F)cc32)c(C#N)c(-n2c3ccccc3c3ccc(-c4ccc(C(F)(F)F)cc4C(F)(F)F)cc32)c1. The fourth-order valence-corrected chi connectivity index (χ4v) is 9.63.